The van der Waals surface area contributed by atoms with Gasteiger partial charge in [-0.25, -0.2) is 4.98 Å². The zero-order valence-corrected chi connectivity index (χ0v) is 12.4. The summed E-state index contributed by atoms with van der Waals surface area (Å²) in [6, 6.07) is 12.1. The normalized spacial score (nSPS) is 18.2. The monoisotopic (exact) mass is 331 g/mol. The van der Waals surface area contributed by atoms with Gasteiger partial charge >= 0.3 is 0 Å². The Hall–Kier alpha value is -1.88. The van der Waals surface area contributed by atoms with E-state index in [0.29, 0.717) is 17.9 Å². The molecule has 0 bridgehead atoms. The molecule has 2 aromatic rings. The molecule has 1 aromatic heterocycles. The fourth-order valence-corrected chi connectivity index (χ4v) is 2.64. The topological polar surface area (TPSA) is 54.0 Å². The third-order valence-electron chi connectivity index (χ3n) is 3.30. The number of hydrogen-bond acceptors (Lipinski definition) is 3. The number of amides is 1. The van der Waals surface area contributed by atoms with Gasteiger partial charge in [-0.2, -0.15) is 0 Å². The van der Waals surface area contributed by atoms with E-state index in [4.69, 9.17) is 0 Å². The summed E-state index contributed by atoms with van der Waals surface area (Å²) < 4.78 is 0.843. The maximum Gasteiger partial charge on any atom is 0.224 e. The van der Waals surface area contributed by atoms with Crippen molar-refractivity contribution in [1.82, 2.24) is 4.98 Å². The van der Waals surface area contributed by atoms with Crippen molar-refractivity contribution in [2.45, 2.75) is 18.9 Å². The fourth-order valence-electron chi connectivity index (χ4n) is 2.31. The third-order valence-corrected chi connectivity index (χ3v) is 3.74. The summed E-state index contributed by atoms with van der Waals surface area (Å²) in [6.45, 7) is 0. The number of nitrogens with zero attached hydrogens (tertiary/aromatic N) is 1. The number of halogens is 1. The minimum absolute atomic E-state index is 0.0218. The van der Waals surface area contributed by atoms with Gasteiger partial charge in [0.05, 0.1) is 11.7 Å². The highest BCUT2D eigenvalue weighted by Gasteiger charge is 2.20. The van der Waals surface area contributed by atoms with E-state index in [9.17, 15) is 4.79 Å². The highest BCUT2D eigenvalue weighted by atomic mass is 79.9. The smallest absolute Gasteiger partial charge is 0.224 e. The molecule has 0 aliphatic carbocycles. The van der Waals surface area contributed by atoms with Crippen LogP contribution in [0.15, 0.2) is 47.1 Å². The molecular formula is C15H14BrN3O. The number of pyridine rings is 1. The molecule has 0 saturated heterocycles. The molecule has 20 heavy (non-hydrogen) atoms. The van der Waals surface area contributed by atoms with Crippen LogP contribution in [-0.2, 0) is 4.79 Å². The maximum absolute atomic E-state index is 11.9. The second-order valence-electron chi connectivity index (χ2n) is 4.74. The number of fused-ring (bicyclic) bond motifs is 1. The number of nitrogens with one attached hydrogen (secondary N) is 2. The van der Waals surface area contributed by atoms with Crippen LogP contribution in [0.5, 0.6) is 0 Å². The summed E-state index contributed by atoms with van der Waals surface area (Å²) in [5, 5.41) is 6.30. The van der Waals surface area contributed by atoms with E-state index in [1.54, 1.807) is 6.20 Å². The minimum Gasteiger partial charge on any atom is -0.362 e. The van der Waals surface area contributed by atoms with Gasteiger partial charge in [0.15, 0.2) is 0 Å². The standard InChI is InChI=1S/C15H14BrN3O/c16-11-8-13-15(17-9-11)19-12(6-7-14(20)18-13)10-4-2-1-3-5-10/h1-5,8-9,12H,6-7H2,(H,17,19)(H,18,20). The number of rotatable bonds is 1. The molecule has 0 fully saturated rings. The molecule has 1 aromatic carbocycles. The SMILES string of the molecule is O=C1CCC(c2ccccc2)Nc2ncc(Br)cc2N1. The lowest BCUT2D eigenvalue weighted by molar-refractivity contribution is -0.116. The first-order valence-electron chi connectivity index (χ1n) is 6.49. The molecule has 0 radical (unpaired) electrons. The number of benzene rings is 1. The minimum atomic E-state index is 0.0218. The van der Waals surface area contributed by atoms with Gasteiger partial charge in [0, 0.05) is 17.1 Å². The lowest BCUT2D eigenvalue weighted by atomic mass is 10.0. The second-order valence-corrected chi connectivity index (χ2v) is 5.66. The molecule has 0 saturated carbocycles. The third kappa shape index (κ3) is 2.82. The Morgan fingerprint density at radius 2 is 2.05 bits per heavy atom. The summed E-state index contributed by atoms with van der Waals surface area (Å²) in [7, 11) is 0. The maximum atomic E-state index is 11.9. The first-order valence-corrected chi connectivity index (χ1v) is 7.28. The number of aromatic nitrogens is 1. The molecule has 0 spiro atoms. The molecular weight excluding hydrogens is 318 g/mol. The Morgan fingerprint density at radius 1 is 1.25 bits per heavy atom. The van der Waals surface area contributed by atoms with E-state index < -0.39 is 0 Å². The molecule has 1 aliphatic heterocycles. The fraction of sp³-hybridized carbons (Fsp3) is 0.200. The Labute approximate surface area is 125 Å². The zero-order valence-electron chi connectivity index (χ0n) is 10.8. The van der Waals surface area contributed by atoms with Crippen LogP contribution in [0.2, 0.25) is 0 Å². The van der Waals surface area contributed by atoms with Gasteiger partial charge in [-0.1, -0.05) is 30.3 Å². The molecule has 1 unspecified atom stereocenters. The van der Waals surface area contributed by atoms with E-state index in [1.807, 2.05) is 24.3 Å². The quantitative estimate of drug-likeness (QED) is 0.837. The number of carbonyl (C=O) groups is 1. The van der Waals surface area contributed by atoms with E-state index in [0.717, 1.165) is 16.5 Å². The van der Waals surface area contributed by atoms with Crippen molar-refractivity contribution in [1.29, 1.82) is 0 Å². The highest BCUT2D eigenvalue weighted by molar-refractivity contribution is 9.10. The molecule has 4 nitrogen and oxygen atoms in total. The van der Waals surface area contributed by atoms with Crippen molar-refractivity contribution in [3.63, 3.8) is 0 Å². The van der Waals surface area contributed by atoms with Crippen LogP contribution >= 0.6 is 15.9 Å². The summed E-state index contributed by atoms with van der Waals surface area (Å²) in [5.41, 5.74) is 1.88. The van der Waals surface area contributed by atoms with E-state index in [-0.39, 0.29) is 11.9 Å². The van der Waals surface area contributed by atoms with E-state index in [1.165, 1.54) is 0 Å². The molecule has 5 heteroatoms. The predicted octanol–water partition coefficient (Wildman–Crippen LogP) is 3.73. The van der Waals surface area contributed by atoms with Crippen molar-refractivity contribution in [2.75, 3.05) is 10.6 Å². The highest BCUT2D eigenvalue weighted by Crippen LogP contribution is 2.31. The Bertz CT molecular complexity index is 630. The van der Waals surface area contributed by atoms with Crippen molar-refractivity contribution in [3.05, 3.63) is 52.6 Å². The molecule has 1 atom stereocenters. The van der Waals surface area contributed by atoms with E-state index in [2.05, 4.69) is 43.7 Å². The Morgan fingerprint density at radius 3 is 2.85 bits per heavy atom. The van der Waals surface area contributed by atoms with Crippen LogP contribution in [-0.4, -0.2) is 10.9 Å². The summed E-state index contributed by atoms with van der Waals surface area (Å²) >= 11 is 3.37. The van der Waals surface area contributed by atoms with Crippen LogP contribution in [0.1, 0.15) is 24.4 Å². The number of carbonyl (C=O) groups excluding carboxylic acids is 1. The second kappa shape index (κ2) is 5.63. The van der Waals surface area contributed by atoms with Crippen LogP contribution in [0, 0.1) is 0 Å². The summed E-state index contributed by atoms with van der Waals surface area (Å²) in [4.78, 5) is 16.3. The molecule has 1 aliphatic rings. The average Bonchev–Trinajstić information content (AvgIpc) is 2.44. The molecule has 3 rings (SSSR count). The van der Waals surface area contributed by atoms with E-state index >= 15 is 0 Å². The van der Waals surface area contributed by atoms with Crippen molar-refractivity contribution >= 4 is 33.3 Å². The van der Waals surface area contributed by atoms with Crippen molar-refractivity contribution < 1.29 is 4.79 Å². The van der Waals surface area contributed by atoms with Gasteiger partial charge < -0.3 is 10.6 Å². The lowest BCUT2D eigenvalue weighted by Crippen LogP contribution is -2.22. The first kappa shape index (κ1) is 13.1. The van der Waals surface area contributed by atoms with Gasteiger partial charge in [-0.3, -0.25) is 4.79 Å². The number of hydrogen-bond donors (Lipinski definition) is 2. The number of anilines is 2. The molecule has 2 heterocycles. The molecule has 1 amide bonds. The zero-order chi connectivity index (χ0) is 13.9. The molecule has 102 valence electrons. The van der Waals surface area contributed by atoms with Crippen LogP contribution in [0.25, 0.3) is 0 Å². The van der Waals surface area contributed by atoms with Crippen molar-refractivity contribution in [2.24, 2.45) is 0 Å². The van der Waals surface area contributed by atoms with Gasteiger partial charge in [0.1, 0.15) is 5.82 Å². The lowest BCUT2D eigenvalue weighted by Gasteiger charge is -2.24. The van der Waals surface area contributed by atoms with Gasteiger partial charge in [0.2, 0.25) is 5.91 Å². The summed E-state index contributed by atoms with van der Waals surface area (Å²) in [5.74, 6) is 0.726. The first-order chi connectivity index (χ1) is 9.72. The summed E-state index contributed by atoms with van der Waals surface area (Å²) in [6.07, 6.45) is 2.95. The van der Waals surface area contributed by atoms with Crippen LogP contribution in [0.3, 0.4) is 0 Å². The van der Waals surface area contributed by atoms with Gasteiger partial charge in [0.25, 0.3) is 0 Å². The Balaban J connectivity index is 1.97. The Kier molecular flexibility index (Phi) is 3.69. The average molecular weight is 332 g/mol. The van der Waals surface area contributed by atoms with Crippen molar-refractivity contribution in [3.8, 4) is 0 Å². The van der Waals surface area contributed by atoms with Crippen LogP contribution < -0.4 is 10.6 Å². The van der Waals surface area contributed by atoms with Crippen LogP contribution in [0.4, 0.5) is 11.5 Å². The van der Waals surface area contributed by atoms with Gasteiger partial charge in [-0.05, 0) is 34.0 Å². The predicted molar refractivity (Wildman–Crippen MR) is 82.6 cm³/mol. The largest absolute Gasteiger partial charge is 0.362 e. The molecule has 2 N–H and O–H groups in total. The van der Waals surface area contributed by atoms with Gasteiger partial charge in [-0.15, -0.1) is 0 Å².